The maximum atomic E-state index is 13.2. The minimum Gasteiger partial charge on any atom is -0.480 e. The third-order valence-electron chi connectivity index (χ3n) is 4.61. The minimum atomic E-state index is -1.00. The van der Waals surface area contributed by atoms with Crippen LogP contribution in [0.2, 0.25) is 0 Å². The van der Waals surface area contributed by atoms with Crippen molar-refractivity contribution >= 4 is 18.0 Å². The van der Waals surface area contributed by atoms with Gasteiger partial charge in [-0.3, -0.25) is 4.79 Å². The molecule has 0 radical (unpaired) electrons. The van der Waals surface area contributed by atoms with E-state index in [2.05, 4.69) is 5.32 Å². The van der Waals surface area contributed by atoms with Crippen LogP contribution < -0.4 is 5.32 Å². The molecular weight excluding hydrogens is 336 g/mol. The van der Waals surface area contributed by atoms with Crippen LogP contribution in [0.25, 0.3) is 0 Å². The largest absolute Gasteiger partial charge is 0.480 e. The molecule has 0 aromatic rings. The van der Waals surface area contributed by atoms with Gasteiger partial charge in [0.2, 0.25) is 5.91 Å². The van der Waals surface area contributed by atoms with E-state index in [0.29, 0.717) is 13.0 Å². The molecule has 1 fully saturated rings. The number of alkyl carbamates (subject to hydrolysis) is 1. The van der Waals surface area contributed by atoms with E-state index in [1.807, 2.05) is 34.6 Å². The molecule has 1 rings (SSSR count). The molecule has 1 heterocycles. The molecule has 3 atom stereocenters. The average molecular weight is 370 g/mol. The second kappa shape index (κ2) is 7.84. The van der Waals surface area contributed by atoms with E-state index in [4.69, 9.17) is 4.74 Å². The molecule has 1 aliphatic rings. The van der Waals surface area contributed by atoms with Crippen molar-refractivity contribution in [2.75, 3.05) is 6.54 Å². The number of nitrogens with one attached hydrogen (secondary N) is 1. The predicted molar refractivity (Wildman–Crippen MR) is 98.7 cm³/mol. The Bertz CT molecular complexity index is 545. The molecule has 150 valence electrons. The molecule has 26 heavy (non-hydrogen) atoms. The number of carboxylic acids is 1. The van der Waals surface area contributed by atoms with Gasteiger partial charge < -0.3 is 20.1 Å². The molecule has 0 saturated carbocycles. The average Bonchev–Trinajstić information content (AvgIpc) is 2.86. The summed E-state index contributed by atoms with van der Waals surface area (Å²) in [6.07, 6.45) is -0.0406. The fourth-order valence-electron chi connectivity index (χ4n) is 3.32. The normalized spacial score (nSPS) is 22.3. The van der Waals surface area contributed by atoms with Crippen molar-refractivity contribution in [1.82, 2.24) is 10.2 Å². The Hall–Kier alpha value is -1.79. The van der Waals surface area contributed by atoms with Crippen LogP contribution in [0.15, 0.2) is 0 Å². The summed E-state index contributed by atoms with van der Waals surface area (Å²) in [5.74, 6) is -1.32. The van der Waals surface area contributed by atoms with E-state index in [1.165, 1.54) is 4.90 Å². The van der Waals surface area contributed by atoms with Gasteiger partial charge >= 0.3 is 12.1 Å². The molecule has 0 aromatic carbocycles. The van der Waals surface area contributed by atoms with Crippen LogP contribution in [0.5, 0.6) is 0 Å². The van der Waals surface area contributed by atoms with Crippen molar-refractivity contribution < 1.29 is 24.2 Å². The Morgan fingerprint density at radius 3 is 2.04 bits per heavy atom. The maximum Gasteiger partial charge on any atom is 0.408 e. The third kappa shape index (κ3) is 5.61. The van der Waals surface area contributed by atoms with Gasteiger partial charge in [0.25, 0.3) is 0 Å². The zero-order valence-corrected chi connectivity index (χ0v) is 17.3. The van der Waals surface area contributed by atoms with Crippen LogP contribution in [-0.2, 0) is 14.3 Å². The number of likely N-dealkylation sites (tertiary alicyclic amines) is 1. The van der Waals surface area contributed by atoms with E-state index in [-0.39, 0.29) is 17.7 Å². The first-order valence-corrected chi connectivity index (χ1v) is 9.18. The van der Waals surface area contributed by atoms with Gasteiger partial charge in [-0.15, -0.1) is 0 Å². The van der Waals surface area contributed by atoms with Gasteiger partial charge in [-0.1, -0.05) is 34.6 Å². The lowest BCUT2D eigenvalue weighted by Crippen LogP contribution is -2.58. The van der Waals surface area contributed by atoms with Crippen molar-refractivity contribution in [1.29, 1.82) is 0 Å². The number of hydrogen-bond donors (Lipinski definition) is 2. The zero-order chi connectivity index (χ0) is 20.4. The molecule has 1 saturated heterocycles. The number of rotatable bonds is 4. The standard InChI is InChI=1S/C19H34N2O5/c1-11(2)12-9-10-21(13(12)16(23)24)15(22)14(18(3,4)5)20-17(25)26-19(6,7)8/h11-14H,9-10H2,1-8H3,(H,20,25)(H,23,24). The zero-order valence-electron chi connectivity index (χ0n) is 17.3. The Kier molecular flexibility index (Phi) is 6.71. The first-order valence-electron chi connectivity index (χ1n) is 9.18. The van der Waals surface area contributed by atoms with Crippen molar-refractivity contribution in [3.8, 4) is 0 Å². The monoisotopic (exact) mass is 370 g/mol. The number of carbonyl (C=O) groups is 3. The molecule has 7 nitrogen and oxygen atoms in total. The van der Waals surface area contributed by atoms with Crippen LogP contribution in [0.1, 0.15) is 61.8 Å². The molecule has 2 N–H and O–H groups in total. The van der Waals surface area contributed by atoms with E-state index >= 15 is 0 Å². The number of aliphatic carboxylic acids is 1. The van der Waals surface area contributed by atoms with Crippen molar-refractivity contribution in [3.63, 3.8) is 0 Å². The summed E-state index contributed by atoms with van der Waals surface area (Å²) in [6, 6.07) is -1.74. The fourth-order valence-corrected chi connectivity index (χ4v) is 3.32. The number of amides is 2. The topological polar surface area (TPSA) is 95.9 Å². The Balaban J connectivity index is 3.06. The summed E-state index contributed by atoms with van der Waals surface area (Å²) in [6.45, 7) is 15.0. The number of hydrogen-bond acceptors (Lipinski definition) is 4. The second-order valence-electron chi connectivity index (χ2n) is 9.46. The number of nitrogens with zero attached hydrogens (tertiary/aromatic N) is 1. The Morgan fingerprint density at radius 1 is 1.12 bits per heavy atom. The van der Waals surface area contributed by atoms with Gasteiger partial charge in [0, 0.05) is 6.54 Å². The Morgan fingerprint density at radius 2 is 1.65 bits per heavy atom. The Labute approximate surface area is 156 Å². The molecule has 0 bridgehead atoms. The molecular formula is C19H34N2O5. The molecule has 1 aliphatic heterocycles. The first kappa shape index (κ1) is 22.3. The van der Waals surface area contributed by atoms with Crippen LogP contribution in [-0.4, -0.2) is 52.2 Å². The molecule has 2 amide bonds. The lowest BCUT2D eigenvalue weighted by molar-refractivity contribution is -0.152. The van der Waals surface area contributed by atoms with Crippen molar-refractivity contribution in [3.05, 3.63) is 0 Å². The van der Waals surface area contributed by atoms with Gasteiger partial charge in [0.05, 0.1) is 0 Å². The summed E-state index contributed by atoms with van der Waals surface area (Å²) >= 11 is 0. The van der Waals surface area contributed by atoms with Crippen molar-refractivity contribution in [2.24, 2.45) is 17.3 Å². The van der Waals surface area contributed by atoms with Crippen molar-refractivity contribution in [2.45, 2.75) is 79.5 Å². The highest BCUT2D eigenvalue weighted by molar-refractivity contribution is 5.90. The summed E-state index contributed by atoms with van der Waals surface area (Å²) in [4.78, 5) is 38.6. The number of carbonyl (C=O) groups excluding carboxylic acids is 2. The first-order chi connectivity index (χ1) is 11.6. The van der Waals surface area contributed by atoms with E-state index in [1.54, 1.807) is 20.8 Å². The fraction of sp³-hybridized carbons (Fsp3) is 0.842. The highest BCUT2D eigenvalue weighted by Crippen LogP contribution is 2.33. The van der Waals surface area contributed by atoms with Gasteiger partial charge in [-0.2, -0.15) is 0 Å². The lowest BCUT2D eigenvalue weighted by atomic mass is 9.85. The highest BCUT2D eigenvalue weighted by Gasteiger charge is 2.47. The smallest absolute Gasteiger partial charge is 0.408 e. The van der Waals surface area contributed by atoms with Gasteiger partial charge in [0.1, 0.15) is 17.7 Å². The summed E-state index contributed by atoms with van der Waals surface area (Å²) in [5, 5.41) is 12.3. The van der Waals surface area contributed by atoms with Gasteiger partial charge in [-0.05, 0) is 44.4 Å². The summed E-state index contributed by atoms with van der Waals surface area (Å²) < 4.78 is 5.27. The molecule has 7 heteroatoms. The molecule has 3 unspecified atom stereocenters. The summed E-state index contributed by atoms with van der Waals surface area (Å²) in [5.41, 5.74) is -1.28. The molecule has 0 aliphatic carbocycles. The molecule has 0 aromatic heterocycles. The predicted octanol–water partition coefficient (Wildman–Crippen LogP) is 2.88. The van der Waals surface area contributed by atoms with E-state index in [0.717, 1.165) is 0 Å². The second-order valence-corrected chi connectivity index (χ2v) is 9.46. The van der Waals surface area contributed by atoms with Gasteiger partial charge in [0.15, 0.2) is 0 Å². The van der Waals surface area contributed by atoms with E-state index < -0.39 is 35.2 Å². The van der Waals surface area contributed by atoms with Crippen LogP contribution in [0, 0.1) is 17.3 Å². The SMILES string of the molecule is CC(C)C1CCN(C(=O)C(NC(=O)OC(C)(C)C)C(C)(C)C)C1C(=O)O. The maximum absolute atomic E-state index is 13.2. The lowest BCUT2D eigenvalue weighted by Gasteiger charge is -2.36. The summed E-state index contributed by atoms with van der Waals surface area (Å²) in [7, 11) is 0. The van der Waals surface area contributed by atoms with Crippen LogP contribution in [0.3, 0.4) is 0 Å². The number of carboxylic acid groups (broad SMARTS) is 1. The van der Waals surface area contributed by atoms with Gasteiger partial charge in [-0.25, -0.2) is 9.59 Å². The number of ether oxygens (including phenoxy) is 1. The highest BCUT2D eigenvalue weighted by atomic mass is 16.6. The minimum absolute atomic E-state index is 0.0985. The quantitative estimate of drug-likeness (QED) is 0.793. The van der Waals surface area contributed by atoms with Crippen LogP contribution in [0.4, 0.5) is 4.79 Å². The third-order valence-corrected chi connectivity index (χ3v) is 4.61. The van der Waals surface area contributed by atoms with E-state index in [9.17, 15) is 19.5 Å². The van der Waals surface area contributed by atoms with Crippen LogP contribution >= 0.6 is 0 Å². The molecule has 0 spiro atoms.